The van der Waals surface area contributed by atoms with Crippen molar-refractivity contribution in [2.75, 3.05) is 18.9 Å². The Morgan fingerprint density at radius 3 is 2.70 bits per heavy atom. The van der Waals surface area contributed by atoms with Crippen molar-refractivity contribution in [1.82, 2.24) is 14.9 Å². The van der Waals surface area contributed by atoms with E-state index in [2.05, 4.69) is 15.3 Å². The number of hydrogen-bond donors (Lipinski definition) is 1. The summed E-state index contributed by atoms with van der Waals surface area (Å²) in [5.74, 6) is 2.35. The van der Waals surface area contributed by atoms with Crippen molar-refractivity contribution >= 4 is 23.3 Å². The van der Waals surface area contributed by atoms with Gasteiger partial charge < -0.3 is 10.2 Å². The number of aromatic nitrogens is 2. The molecular formula is C14H19ClN4O. The molecule has 5 nitrogen and oxygen atoms in total. The number of nitrogens with one attached hydrogen (secondary N) is 1. The average molecular weight is 295 g/mol. The quantitative estimate of drug-likeness (QED) is 0.870. The third kappa shape index (κ3) is 2.73. The topological polar surface area (TPSA) is 58.1 Å². The lowest BCUT2D eigenvalue weighted by Crippen LogP contribution is -2.43. The van der Waals surface area contributed by atoms with Crippen molar-refractivity contribution in [2.24, 2.45) is 0 Å². The maximum Gasteiger partial charge on any atom is 0.222 e. The van der Waals surface area contributed by atoms with Crippen LogP contribution >= 0.6 is 11.6 Å². The van der Waals surface area contributed by atoms with E-state index in [-0.39, 0.29) is 11.9 Å². The van der Waals surface area contributed by atoms with Crippen LogP contribution in [0.1, 0.15) is 43.0 Å². The molecule has 2 heterocycles. The second kappa shape index (κ2) is 5.20. The fraction of sp³-hybridized carbons (Fsp3) is 0.643. The summed E-state index contributed by atoms with van der Waals surface area (Å²) < 4.78 is 0. The number of likely N-dealkylation sites (tertiary alicyclic amines) is 1. The Labute approximate surface area is 123 Å². The lowest BCUT2D eigenvalue weighted by molar-refractivity contribution is -0.132. The molecule has 2 fully saturated rings. The number of amides is 1. The van der Waals surface area contributed by atoms with Gasteiger partial charge in [-0.2, -0.15) is 0 Å². The summed E-state index contributed by atoms with van der Waals surface area (Å²) in [6, 6.07) is 0.231. The molecule has 20 heavy (non-hydrogen) atoms. The van der Waals surface area contributed by atoms with Crippen molar-refractivity contribution in [3.63, 3.8) is 0 Å². The second-order valence-corrected chi connectivity index (χ2v) is 6.13. The molecule has 1 atom stereocenters. The van der Waals surface area contributed by atoms with Crippen molar-refractivity contribution in [3.05, 3.63) is 16.5 Å². The zero-order valence-corrected chi connectivity index (χ0v) is 12.6. The molecule has 0 bridgehead atoms. The SMILES string of the molecule is Cc1c(Cl)nc(C2CC2)nc1NC1CCC(=O)N(C)C1. The van der Waals surface area contributed by atoms with Crippen LogP contribution < -0.4 is 5.32 Å². The summed E-state index contributed by atoms with van der Waals surface area (Å²) in [5.41, 5.74) is 0.885. The normalized spacial score (nSPS) is 23.1. The van der Waals surface area contributed by atoms with Gasteiger partial charge in [-0.15, -0.1) is 0 Å². The predicted molar refractivity (Wildman–Crippen MR) is 78.0 cm³/mol. The Morgan fingerprint density at radius 2 is 2.05 bits per heavy atom. The van der Waals surface area contributed by atoms with E-state index in [0.717, 1.165) is 36.5 Å². The molecule has 1 saturated heterocycles. The lowest BCUT2D eigenvalue weighted by atomic mass is 10.1. The zero-order chi connectivity index (χ0) is 14.3. The fourth-order valence-electron chi connectivity index (χ4n) is 2.49. The Bertz CT molecular complexity index is 544. The first-order valence-corrected chi connectivity index (χ1v) is 7.47. The molecule has 1 aromatic heterocycles. The van der Waals surface area contributed by atoms with E-state index in [0.29, 0.717) is 24.0 Å². The molecule has 1 aliphatic carbocycles. The predicted octanol–water partition coefficient (Wildman–Crippen LogP) is 2.35. The minimum absolute atomic E-state index is 0.208. The van der Waals surface area contributed by atoms with Gasteiger partial charge in [0, 0.05) is 37.5 Å². The van der Waals surface area contributed by atoms with Crippen LogP contribution in [-0.2, 0) is 4.79 Å². The molecule has 1 N–H and O–H groups in total. The first-order chi connectivity index (χ1) is 9.54. The van der Waals surface area contributed by atoms with Crippen LogP contribution in [0.5, 0.6) is 0 Å². The summed E-state index contributed by atoms with van der Waals surface area (Å²) in [5, 5.41) is 3.97. The molecule has 3 rings (SSSR count). The van der Waals surface area contributed by atoms with Gasteiger partial charge in [0.25, 0.3) is 0 Å². The van der Waals surface area contributed by atoms with Gasteiger partial charge in [-0.25, -0.2) is 9.97 Å². The molecule has 0 spiro atoms. The van der Waals surface area contributed by atoms with Crippen molar-refractivity contribution in [3.8, 4) is 0 Å². The number of rotatable bonds is 3. The monoisotopic (exact) mass is 294 g/mol. The number of anilines is 1. The van der Waals surface area contributed by atoms with Gasteiger partial charge in [0.2, 0.25) is 5.91 Å². The van der Waals surface area contributed by atoms with Crippen LogP contribution in [0.3, 0.4) is 0 Å². The van der Waals surface area contributed by atoms with Crippen LogP contribution in [0.4, 0.5) is 5.82 Å². The van der Waals surface area contributed by atoms with E-state index in [4.69, 9.17) is 11.6 Å². The lowest BCUT2D eigenvalue weighted by Gasteiger charge is -2.31. The van der Waals surface area contributed by atoms with Crippen LogP contribution in [0.15, 0.2) is 0 Å². The minimum atomic E-state index is 0.208. The maximum absolute atomic E-state index is 11.5. The number of piperidine rings is 1. The highest BCUT2D eigenvalue weighted by Crippen LogP contribution is 2.39. The van der Waals surface area contributed by atoms with Gasteiger partial charge in [-0.3, -0.25) is 4.79 Å². The molecular weight excluding hydrogens is 276 g/mol. The molecule has 0 aromatic carbocycles. The number of carbonyl (C=O) groups excluding carboxylic acids is 1. The molecule has 1 aromatic rings. The summed E-state index contributed by atoms with van der Waals surface area (Å²) in [4.78, 5) is 22.3. The van der Waals surface area contributed by atoms with E-state index >= 15 is 0 Å². The molecule has 0 radical (unpaired) electrons. The molecule has 1 saturated carbocycles. The standard InChI is InChI=1S/C14H19ClN4O/c1-8-12(15)17-14(9-3-4-9)18-13(8)16-10-5-6-11(20)19(2)7-10/h9-10H,3-7H2,1-2H3,(H,16,17,18). The van der Waals surface area contributed by atoms with Crippen LogP contribution in [-0.4, -0.2) is 40.4 Å². The highest BCUT2D eigenvalue weighted by atomic mass is 35.5. The van der Waals surface area contributed by atoms with E-state index in [9.17, 15) is 4.79 Å². The minimum Gasteiger partial charge on any atom is -0.365 e. The Kier molecular flexibility index (Phi) is 3.54. The average Bonchev–Trinajstić information content (AvgIpc) is 3.23. The highest BCUT2D eigenvalue weighted by molar-refractivity contribution is 6.30. The third-order valence-corrected chi connectivity index (χ3v) is 4.38. The first-order valence-electron chi connectivity index (χ1n) is 7.09. The summed E-state index contributed by atoms with van der Waals surface area (Å²) in [7, 11) is 1.84. The van der Waals surface area contributed by atoms with Crippen LogP contribution in [0.25, 0.3) is 0 Å². The Hall–Kier alpha value is -1.36. The maximum atomic E-state index is 11.5. The summed E-state index contributed by atoms with van der Waals surface area (Å²) in [6.07, 6.45) is 3.73. The van der Waals surface area contributed by atoms with Crippen molar-refractivity contribution in [1.29, 1.82) is 0 Å². The number of nitrogens with zero attached hydrogens (tertiary/aromatic N) is 3. The van der Waals surface area contributed by atoms with Gasteiger partial charge in [0.05, 0.1) is 0 Å². The molecule has 108 valence electrons. The zero-order valence-electron chi connectivity index (χ0n) is 11.8. The summed E-state index contributed by atoms with van der Waals surface area (Å²) >= 11 is 6.20. The van der Waals surface area contributed by atoms with Crippen molar-refractivity contribution < 1.29 is 4.79 Å². The number of likely N-dealkylation sites (N-methyl/N-ethyl adjacent to an activating group) is 1. The van der Waals surface area contributed by atoms with E-state index in [1.165, 1.54) is 0 Å². The van der Waals surface area contributed by atoms with Crippen molar-refractivity contribution in [2.45, 2.75) is 44.6 Å². The van der Waals surface area contributed by atoms with Crippen LogP contribution in [0.2, 0.25) is 5.15 Å². The van der Waals surface area contributed by atoms with Gasteiger partial charge in [-0.1, -0.05) is 11.6 Å². The Balaban J connectivity index is 1.78. The number of carbonyl (C=O) groups is 1. The largest absolute Gasteiger partial charge is 0.365 e. The van der Waals surface area contributed by atoms with Gasteiger partial charge >= 0.3 is 0 Å². The fourth-order valence-corrected chi connectivity index (χ4v) is 2.67. The van der Waals surface area contributed by atoms with E-state index < -0.39 is 0 Å². The summed E-state index contributed by atoms with van der Waals surface area (Å²) in [6.45, 7) is 2.64. The molecule has 6 heteroatoms. The first kappa shape index (κ1) is 13.6. The molecule has 2 aliphatic rings. The molecule has 1 unspecified atom stereocenters. The van der Waals surface area contributed by atoms with Gasteiger partial charge in [-0.05, 0) is 26.2 Å². The number of hydrogen-bond acceptors (Lipinski definition) is 4. The van der Waals surface area contributed by atoms with Gasteiger partial charge in [0.1, 0.15) is 16.8 Å². The van der Waals surface area contributed by atoms with Gasteiger partial charge in [0.15, 0.2) is 0 Å². The molecule has 1 amide bonds. The second-order valence-electron chi connectivity index (χ2n) is 5.77. The van der Waals surface area contributed by atoms with Crippen LogP contribution in [0, 0.1) is 6.92 Å². The highest BCUT2D eigenvalue weighted by Gasteiger charge is 2.29. The van der Waals surface area contributed by atoms with E-state index in [1.807, 2.05) is 14.0 Å². The van der Waals surface area contributed by atoms with E-state index in [1.54, 1.807) is 4.90 Å². The number of halogens is 1. The smallest absolute Gasteiger partial charge is 0.222 e. The molecule has 1 aliphatic heterocycles. The third-order valence-electron chi connectivity index (χ3n) is 4.01. The Morgan fingerprint density at radius 1 is 1.30 bits per heavy atom.